The normalized spacial score (nSPS) is 16.3. The van der Waals surface area contributed by atoms with Crippen LogP contribution in [0.1, 0.15) is 31.6 Å². The van der Waals surface area contributed by atoms with Gasteiger partial charge in [-0.05, 0) is 43.7 Å². The van der Waals surface area contributed by atoms with Crippen LogP contribution in [0.15, 0.2) is 46.0 Å². The third kappa shape index (κ3) is 5.17. The monoisotopic (exact) mass is 373 g/mol. The molecule has 0 bridgehead atoms. The quantitative estimate of drug-likeness (QED) is 0.532. The van der Waals surface area contributed by atoms with Crippen LogP contribution in [0, 0.1) is 0 Å². The van der Waals surface area contributed by atoms with Gasteiger partial charge in [0.25, 0.3) is 0 Å². The first-order valence-electron chi connectivity index (χ1n) is 9.25. The molecule has 7 heteroatoms. The maximum absolute atomic E-state index is 10.6. The first kappa shape index (κ1) is 19.1. The Morgan fingerprint density at radius 1 is 1.19 bits per heavy atom. The molecule has 3 rings (SSSR count). The van der Waals surface area contributed by atoms with Gasteiger partial charge in [0.1, 0.15) is 11.4 Å². The summed E-state index contributed by atoms with van der Waals surface area (Å²) in [7, 11) is 0. The average molecular weight is 373 g/mol. The minimum absolute atomic E-state index is 0.271. The molecule has 2 heterocycles. The van der Waals surface area contributed by atoms with Gasteiger partial charge >= 0.3 is 0 Å². The summed E-state index contributed by atoms with van der Waals surface area (Å²) in [6.07, 6.45) is 2.43. The Bertz CT molecular complexity index is 757. The van der Waals surface area contributed by atoms with Crippen molar-refractivity contribution in [2.24, 2.45) is 4.99 Å². The number of aliphatic imine (C=N–C) groups is 1. The van der Waals surface area contributed by atoms with Crippen LogP contribution in [0.5, 0.6) is 11.5 Å². The second-order valence-corrected chi connectivity index (χ2v) is 6.63. The van der Waals surface area contributed by atoms with Crippen molar-refractivity contribution in [1.82, 2.24) is 10.6 Å². The Kier molecular flexibility index (Phi) is 6.24. The first-order chi connectivity index (χ1) is 13.1. The third-order valence-electron chi connectivity index (χ3n) is 4.23. The molecule has 1 aliphatic heterocycles. The molecule has 0 fully saturated rings. The fourth-order valence-corrected chi connectivity index (χ4v) is 2.75. The molecule has 0 radical (unpaired) electrons. The van der Waals surface area contributed by atoms with Gasteiger partial charge in [-0.15, -0.1) is 0 Å². The molecule has 1 atom stereocenters. The minimum Gasteiger partial charge on any atom is -0.490 e. The van der Waals surface area contributed by atoms with Gasteiger partial charge in [-0.2, -0.15) is 0 Å². The lowest BCUT2D eigenvalue weighted by atomic mass is 10.0. The number of hydrogen-bond donors (Lipinski definition) is 3. The van der Waals surface area contributed by atoms with E-state index in [2.05, 4.69) is 15.6 Å². The Morgan fingerprint density at radius 3 is 2.74 bits per heavy atom. The summed E-state index contributed by atoms with van der Waals surface area (Å²) < 4.78 is 16.7. The van der Waals surface area contributed by atoms with E-state index >= 15 is 0 Å². The number of hydrogen-bond acceptors (Lipinski definition) is 5. The van der Waals surface area contributed by atoms with Gasteiger partial charge in [0.15, 0.2) is 17.5 Å². The predicted octanol–water partition coefficient (Wildman–Crippen LogP) is 2.40. The van der Waals surface area contributed by atoms with Crippen molar-refractivity contribution < 1.29 is 19.0 Å². The van der Waals surface area contributed by atoms with Crippen LogP contribution < -0.4 is 20.1 Å². The lowest BCUT2D eigenvalue weighted by molar-refractivity contribution is 0.0386. The highest BCUT2D eigenvalue weighted by Crippen LogP contribution is 2.30. The standard InChI is InChI=1S/C20H27N3O4/c1-3-21-19(23-14-20(2,24)18-6-4-9-27-18)22-13-15-7-8-16-17(12-15)26-11-5-10-25-16/h4,6-9,12,24H,3,5,10-11,13-14H2,1-2H3,(H2,21,22,23). The molecular weight excluding hydrogens is 346 g/mol. The molecule has 1 aromatic carbocycles. The van der Waals surface area contributed by atoms with E-state index in [0.29, 0.717) is 31.5 Å². The number of fused-ring (bicyclic) bond motifs is 1. The Balaban J connectivity index is 1.64. The zero-order valence-electron chi connectivity index (χ0n) is 15.8. The van der Waals surface area contributed by atoms with Crippen LogP contribution in [0.4, 0.5) is 0 Å². The van der Waals surface area contributed by atoms with Gasteiger partial charge in [0, 0.05) is 13.0 Å². The van der Waals surface area contributed by atoms with Gasteiger partial charge in [-0.3, -0.25) is 0 Å². The maximum Gasteiger partial charge on any atom is 0.191 e. The molecule has 0 saturated heterocycles. The second-order valence-electron chi connectivity index (χ2n) is 6.63. The van der Waals surface area contributed by atoms with Gasteiger partial charge in [-0.1, -0.05) is 6.07 Å². The highest BCUT2D eigenvalue weighted by atomic mass is 16.5. The summed E-state index contributed by atoms with van der Waals surface area (Å²) in [5.41, 5.74) is -0.108. The molecule has 0 saturated carbocycles. The van der Waals surface area contributed by atoms with Crippen LogP contribution in [0.2, 0.25) is 0 Å². The number of nitrogens with zero attached hydrogens (tertiary/aromatic N) is 1. The summed E-state index contributed by atoms with van der Waals surface area (Å²) in [6, 6.07) is 9.39. The van der Waals surface area contributed by atoms with Crippen molar-refractivity contribution in [3.8, 4) is 11.5 Å². The van der Waals surface area contributed by atoms with Crippen molar-refractivity contribution in [2.45, 2.75) is 32.4 Å². The lowest BCUT2D eigenvalue weighted by Crippen LogP contribution is -2.44. The zero-order valence-corrected chi connectivity index (χ0v) is 15.8. The van der Waals surface area contributed by atoms with E-state index in [0.717, 1.165) is 30.0 Å². The molecule has 2 aromatic rings. The van der Waals surface area contributed by atoms with Crippen LogP contribution >= 0.6 is 0 Å². The van der Waals surface area contributed by atoms with Crippen LogP contribution in [0.3, 0.4) is 0 Å². The Morgan fingerprint density at radius 2 is 2.00 bits per heavy atom. The zero-order chi connectivity index (χ0) is 19.1. The smallest absolute Gasteiger partial charge is 0.191 e. The number of rotatable bonds is 6. The molecule has 0 aliphatic carbocycles. The van der Waals surface area contributed by atoms with Crippen molar-refractivity contribution in [3.63, 3.8) is 0 Å². The summed E-state index contributed by atoms with van der Waals surface area (Å²) in [5, 5.41) is 16.9. The van der Waals surface area contributed by atoms with Crippen molar-refractivity contribution in [3.05, 3.63) is 47.9 Å². The summed E-state index contributed by atoms with van der Waals surface area (Å²) in [6.45, 7) is 6.50. The van der Waals surface area contributed by atoms with E-state index in [4.69, 9.17) is 13.9 Å². The number of ether oxygens (including phenoxy) is 2. The second kappa shape index (κ2) is 8.81. The predicted molar refractivity (Wildman–Crippen MR) is 103 cm³/mol. The topological polar surface area (TPSA) is 88.3 Å². The molecule has 7 nitrogen and oxygen atoms in total. The van der Waals surface area contributed by atoms with Crippen LogP contribution in [0.25, 0.3) is 0 Å². The van der Waals surface area contributed by atoms with E-state index in [1.807, 2.05) is 25.1 Å². The van der Waals surface area contributed by atoms with Crippen molar-refractivity contribution in [2.75, 3.05) is 26.3 Å². The van der Waals surface area contributed by atoms with E-state index in [1.54, 1.807) is 25.3 Å². The molecule has 27 heavy (non-hydrogen) atoms. The van der Waals surface area contributed by atoms with Crippen LogP contribution in [-0.4, -0.2) is 37.4 Å². The molecule has 0 spiro atoms. The van der Waals surface area contributed by atoms with E-state index < -0.39 is 5.60 Å². The van der Waals surface area contributed by atoms with Gasteiger partial charge in [0.05, 0.1) is 32.6 Å². The van der Waals surface area contributed by atoms with E-state index in [-0.39, 0.29) is 6.54 Å². The average Bonchev–Trinajstić information content (AvgIpc) is 3.11. The highest BCUT2D eigenvalue weighted by Gasteiger charge is 2.26. The molecule has 1 unspecified atom stereocenters. The molecule has 3 N–H and O–H groups in total. The number of benzene rings is 1. The molecule has 1 aliphatic rings. The third-order valence-corrected chi connectivity index (χ3v) is 4.23. The fourth-order valence-electron chi connectivity index (χ4n) is 2.75. The lowest BCUT2D eigenvalue weighted by Gasteiger charge is -2.22. The molecular formula is C20H27N3O4. The van der Waals surface area contributed by atoms with Crippen LogP contribution in [-0.2, 0) is 12.1 Å². The van der Waals surface area contributed by atoms with E-state index in [9.17, 15) is 5.11 Å². The fraction of sp³-hybridized carbons (Fsp3) is 0.450. The maximum atomic E-state index is 10.6. The Hall–Kier alpha value is -2.67. The Labute approximate surface area is 159 Å². The first-order valence-corrected chi connectivity index (χ1v) is 9.25. The number of furan rings is 1. The summed E-state index contributed by atoms with van der Waals surface area (Å²) in [4.78, 5) is 4.60. The SMILES string of the molecule is CCNC(=NCc1ccc2c(c1)OCCCO2)NCC(C)(O)c1ccco1. The summed E-state index contributed by atoms with van der Waals surface area (Å²) in [5.74, 6) is 2.67. The van der Waals surface area contributed by atoms with Gasteiger partial charge in [-0.25, -0.2) is 4.99 Å². The van der Waals surface area contributed by atoms with Crippen molar-refractivity contribution in [1.29, 1.82) is 0 Å². The van der Waals surface area contributed by atoms with Crippen molar-refractivity contribution >= 4 is 5.96 Å². The molecule has 1 aromatic heterocycles. The molecule has 146 valence electrons. The highest BCUT2D eigenvalue weighted by molar-refractivity contribution is 5.79. The number of guanidine groups is 1. The summed E-state index contributed by atoms with van der Waals surface area (Å²) >= 11 is 0. The van der Waals surface area contributed by atoms with Gasteiger partial charge in [0.2, 0.25) is 0 Å². The number of nitrogens with one attached hydrogen (secondary N) is 2. The largest absolute Gasteiger partial charge is 0.490 e. The van der Waals surface area contributed by atoms with E-state index in [1.165, 1.54) is 0 Å². The van der Waals surface area contributed by atoms with Gasteiger partial charge < -0.3 is 29.6 Å². The minimum atomic E-state index is -1.13. The number of aliphatic hydroxyl groups is 1. The molecule has 0 amide bonds.